The molecule has 7 heteroatoms. The number of nitrogens with zero attached hydrogens (tertiary/aromatic N) is 1. The van der Waals surface area contributed by atoms with Gasteiger partial charge in [-0.3, -0.25) is 4.79 Å². The number of rotatable bonds is 4. The molecule has 1 aliphatic rings. The van der Waals surface area contributed by atoms with Crippen molar-refractivity contribution in [3.05, 3.63) is 53.1 Å². The van der Waals surface area contributed by atoms with Crippen molar-refractivity contribution in [2.45, 2.75) is 11.9 Å². The van der Waals surface area contributed by atoms with Crippen molar-refractivity contribution in [1.29, 1.82) is 0 Å². The number of ether oxygens (including phenoxy) is 2. The van der Waals surface area contributed by atoms with E-state index in [9.17, 15) is 4.79 Å². The van der Waals surface area contributed by atoms with Gasteiger partial charge in [0, 0.05) is 17.5 Å². The molecule has 0 aliphatic carbocycles. The van der Waals surface area contributed by atoms with Gasteiger partial charge < -0.3 is 14.8 Å². The van der Waals surface area contributed by atoms with E-state index < -0.39 is 0 Å². The van der Waals surface area contributed by atoms with Gasteiger partial charge in [0.1, 0.15) is 13.2 Å². The van der Waals surface area contributed by atoms with Crippen molar-refractivity contribution in [3.8, 4) is 11.5 Å². The molecule has 2 aromatic carbocycles. The van der Waals surface area contributed by atoms with Gasteiger partial charge in [0.15, 0.2) is 11.5 Å². The third-order valence-corrected chi connectivity index (χ3v) is 5.38. The van der Waals surface area contributed by atoms with Gasteiger partial charge in [-0.1, -0.05) is 41.6 Å². The quantitative estimate of drug-likeness (QED) is 0.643. The summed E-state index contributed by atoms with van der Waals surface area (Å²) in [6.07, 6.45) is 0. The normalized spacial score (nSPS) is 12.8. The molecule has 1 N–H and O–H groups in total. The van der Waals surface area contributed by atoms with E-state index in [0.717, 1.165) is 21.5 Å². The summed E-state index contributed by atoms with van der Waals surface area (Å²) in [6, 6.07) is 13.3. The fourth-order valence-electron chi connectivity index (χ4n) is 2.88. The van der Waals surface area contributed by atoms with Crippen molar-refractivity contribution in [3.63, 3.8) is 0 Å². The van der Waals surface area contributed by atoms with Crippen LogP contribution in [-0.4, -0.2) is 29.9 Å². The number of thioether (sulfide) groups is 1. The maximum absolute atomic E-state index is 12.4. The summed E-state index contributed by atoms with van der Waals surface area (Å²) < 4.78 is 11.0. The molecule has 0 atom stereocenters. The topological polar surface area (TPSA) is 60.5 Å². The van der Waals surface area contributed by atoms with E-state index in [1.165, 1.54) is 11.8 Å². The molecular weight excluding hydrogens is 384 g/mol. The standard InChI is InChI=1S/C20H17ClN2O3S/c1-12-8-20(23-15-5-3-2-4-13(12)15)27-11-19(24)22-16-10-18-17(9-14(16)21)25-6-7-26-18/h2-5,8-10H,6-7,11H2,1H3,(H,22,24). The van der Waals surface area contributed by atoms with Crippen LogP contribution in [0.3, 0.4) is 0 Å². The van der Waals surface area contributed by atoms with Crippen LogP contribution < -0.4 is 14.8 Å². The highest BCUT2D eigenvalue weighted by molar-refractivity contribution is 7.99. The van der Waals surface area contributed by atoms with E-state index in [0.29, 0.717) is 35.4 Å². The molecule has 1 aliphatic heterocycles. The molecule has 1 amide bonds. The third kappa shape index (κ3) is 3.96. The van der Waals surface area contributed by atoms with Gasteiger partial charge in [0.25, 0.3) is 0 Å². The van der Waals surface area contributed by atoms with Gasteiger partial charge in [0.2, 0.25) is 5.91 Å². The first kappa shape index (κ1) is 17.9. The lowest BCUT2D eigenvalue weighted by Gasteiger charge is -2.20. The Bertz CT molecular complexity index is 1030. The molecule has 27 heavy (non-hydrogen) atoms. The van der Waals surface area contributed by atoms with Crippen LogP contribution in [0.15, 0.2) is 47.5 Å². The minimum absolute atomic E-state index is 0.161. The fraction of sp³-hybridized carbons (Fsp3) is 0.200. The van der Waals surface area contributed by atoms with E-state index in [2.05, 4.69) is 10.3 Å². The summed E-state index contributed by atoms with van der Waals surface area (Å²) in [5.41, 5.74) is 2.57. The highest BCUT2D eigenvalue weighted by atomic mass is 35.5. The number of aromatic nitrogens is 1. The van der Waals surface area contributed by atoms with Crippen LogP contribution in [0.1, 0.15) is 5.56 Å². The van der Waals surface area contributed by atoms with Crippen LogP contribution in [0.5, 0.6) is 11.5 Å². The maximum atomic E-state index is 12.4. The summed E-state index contributed by atoms with van der Waals surface area (Å²) in [7, 11) is 0. The number of carbonyl (C=O) groups excluding carboxylic acids is 1. The number of hydrogen-bond donors (Lipinski definition) is 1. The molecule has 0 bridgehead atoms. The Morgan fingerprint density at radius 2 is 1.93 bits per heavy atom. The first-order valence-electron chi connectivity index (χ1n) is 8.48. The van der Waals surface area contributed by atoms with E-state index >= 15 is 0 Å². The number of benzene rings is 2. The number of para-hydroxylation sites is 1. The lowest BCUT2D eigenvalue weighted by molar-refractivity contribution is -0.113. The van der Waals surface area contributed by atoms with Gasteiger partial charge in [-0.25, -0.2) is 4.98 Å². The molecular formula is C20H17ClN2O3S. The Balaban J connectivity index is 1.44. The van der Waals surface area contributed by atoms with Crippen LogP contribution in [0.25, 0.3) is 10.9 Å². The van der Waals surface area contributed by atoms with Gasteiger partial charge in [-0.2, -0.15) is 0 Å². The average Bonchev–Trinajstić information content (AvgIpc) is 2.67. The Kier molecular flexibility index (Phi) is 5.09. The number of fused-ring (bicyclic) bond motifs is 2. The fourth-order valence-corrected chi connectivity index (χ4v) is 3.85. The third-order valence-electron chi connectivity index (χ3n) is 4.16. The van der Waals surface area contributed by atoms with E-state index in [4.69, 9.17) is 21.1 Å². The summed E-state index contributed by atoms with van der Waals surface area (Å²) in [6.45, 7) is 3.01. The maximum Gasteiger partial charge on any atom is 0.234 e. The molecule has 0 fully saturated rings. The van der Waals surface area contributed by atoms with Crippen molar-refractivity contribution < 1.29 is 14.3 Å². The average molecular weight is 401 g/mol. The summed E-state index contributed by atoms with van der Waals surface area (Å²) >= 11 is 7.63. The molecule has 138 valence electrons. The second kappa shape index (κ2) is 7.66. The van der Waals surface area contributed by atoms with E-state index in [1.807, 2.05) is 37.3 Å². The van der Waals surface area contributed by atoms with Crippen LogP contribution >= 0.6 is 23.4 Å². The second-order valence-corrected chi connectivity index (χ2v) is 7.51. The zero-order valence-corrected chi connectivity index (χ0v) is 16.2. The largest absolute Gasteiger partial charge is 0.486 e. The second-order valence-electron chi connectivity index (χ2n) is 6.11. The van der Waals surface area contributed by atoms with Crippen molar-refractivity contribution in [2.75, 3.05) is 24.3 Å². The zero-order valence-electron chi connectivity index (χ0n) is 14.6. The zero-order chi connectivity index (χ0) is 18.8. The predicted octanol–water partition coefficient (Wildman–Crippen LogP) is 4.70. The van der Waals surface area contributed by atoms with Crippen LogP contribution in [0.2, 0.25) is 5.02 Å². The van der Waals surface area contributed by atoms with Gasteiger partial charge >= 0.3 is 0 Å². The minimum atomic E-state index is -0.161. The molecule has 0 saturated heterocycles. The van der Waals surface area contributed by atoms with Gasteiger partial charge in [0.05, 0.1) is 27.0 Å². The van der Waals surface area contributed by atoms with E-state index in [1.54, 1.807) is 12.1 Å². The Morgan fingerprint density at radius 3 is 2.74 bits per heavy atom. The number of pyridine rings is 1. The van der Waals surface area contributed by atoms with Crippen LogP contribution in [0.4, 0.5) is 5.69 Å². The highest BCUT2D eigenvalue weighted by Crippen LogP contribution is 2.38. The van der Waals surface area contributed by atoms with E-state index in [-0.39, 0.29) is 11.7 Å². The van der Waals surface area contributed by atoms with Crippen molar-refractivity contribution in [1.82, 2.24) is 4.98 Å². The predicted molar refractivity (Wildman–Crippen MR) is 108 cm³/mol. The molecule has 2 heterocycles. The molecule has 0 unspecified atom stereocenters. The number of carbonyl (C=O) groups is 1. The Labute approximate surface area is 166 Å². The van der Waals surface area contributed by atoms with Crippen molar-refractivity contribution in [2.24, 2.45) is 0 Å². The number of hydrogen-bond acceptors (Lipinski definition) is 5. The summed E-state index contributed by atoms with van der Waals surface area (Å²) in [4.78, 5) is 17.0. The lowest BCUT2D eigenvalue weighted by atomic mass is 10.1. The molecule has 0 saturated carbocycles. The lowest BCUT2D eigenvalue weighted by Crippen LogP contribution is -2.17. The number of aryl methyl sites for hydroxylation is 1. The first-order valence-corrected chi connectivity index (χ1v) is 9.85. The number of amides is 1. The first-order chi connectivity index (χ1) is 13.1. The van der Waals surface area contributed by atoms with Crippen LogP contribution in [-0.2, 0) is 4.79 Å². The Hall–Kier alpha value is -2.44. The number of anilines is 1. The summed E-state index contributed by atoms with van der Waals surface area (Å²) in [5.74, 6) is 1.25. The monoisotopic (exact) mass is 400 g/mol. The van der Waals surface area contributed by atoms with Crippen LogP contribution in [0, 0.1) is 6.92 Å². The smallest absolute Gasteiger partial charge is 0.234 e. The summed E-state index contributed by atoms with van der Waals surface area (Å²) in [5, 5.41) is 5.18. The number of halogens is 1. The van der Waals surface area contributed by atoms with Gasteiger partial charge in [-0.15, -0.1) is 0 Å². The molecule has 0 radical (unpaired) electrons. The molecule has 5 nitrogen and oxygen atoms in total. The molecule has 1 aromatic heterocycles. The molecule has 4 rings (SSSR count). The number of nitrogens with one attached hydrogen (secondary N) is 1. The minimum Gasteiger partial charge on any atom is -0.486 e. The van der Waals surface area contributed by atoms with Gasteiger partial charge in [-0.05, 0) is 24.6 Å². The highest BCUT2D eigenvalue weighted by Gasteiger charge is 2.16. The molecule has 3 aromatic rings. The SMILES string of the molecule is Cc1cc(SCC(=O)Nc2cc3c(cc2Cl)OCCO3)nc2ccccc12. The van der Waals surface area contributed by atoms with Crippen molar-refractivity contribution >= 4 is 45.9 Å². The Morgan fingerprint density at radius 1 is 1.19 bits per heavy atom. The molecule has 0 spiro atoms.